The first-order valence-corrected chi connectivity index (χ1v) is 11.4. The van der Waals surface area contributed by atoms with Crippen molar-refractivity contribution in [3.8, 4) is 0 Å². The van der Waals surface area contributed by atoms with Crippen LogP contribution in [0.25, 0.3) is 0 Å². The summed E-state index contributed by atoms with van der Waals surface area (Å²) in [6, 6.07) is 15.2. The van der Waals surface area contributed by atoms with Gasteiger partial charge in [-0.05, 0) is 37.5 Å². The van der Waals surface area contributed by atoms with Crippen molar-refractivity contribution >= 4 is 29.8 Å². The van der Waals surface area contributed by atoms with Crippen LogP contribution in [0.15, 0.2) is 59.7 Å². The van der Waals surface area contributed by atoms with Crippen LogP contribution >= 0.6 is 0 Å². The maximum atomic E-state index is 13.3. The van der Waals surface area contributed by atoms with Gasteiger partial charge in [-0.25, -0.2) is 24.0 Å². The summed E-state index contributed by atoms with van der Waals surface area (Å²) in [7, 11) is 3.76. The van der Waals surface area contributed by atoms with Gasteiger partial charge in [0.1, 0.15) is 5.82 Å². The van der Waals surface area contributed by atoms with E-state index >= 15 is 0 Å². The third kappa shape index (κ3) is 8.30. The lowest BCUT2D eigenvalue weighted by molar-refractivity contribution is 0.0175. The summed E-state index contributed by atoms with van der Waals surface area (Å²) in [4.78, 5) is 22.8. The number of halogens is 2. The second-order valence-corrected chi connectivity index (χ2v) is 8.55. The standard InChI is InChI=1S/C26H30F2N6O2/c1-18-7-5-8-19(15-18)17-29-33-24-30-22(16-23(32-24)34(3)4)9-6-14-36-25(35)31-21-12-10-20(11-13-21)26(2,27)28/h5,7-8,10-13,15-17H,6,9,14H2,1-4H3,(H,31,35)(H,30,32,33)/b29-17+. The lowest BCUT2D eigenvalue weighted by atomic mass is 10.1. The number of alkyl halides is 2. The van der Waals surface area contributed by atoms with Crippen LogP contribution in [0.2, 0.25) is 0 Å². The largest absolute Gasteiger partial charge is 0.449 e. The number of rotatable bonds is 10. The molecule has 3 aromatic rings. The number of aromatic nitrogens is 2. The summed E-state index contributed by atoms with van der Waals surface area (Å²) < 4.78 is 31.8. The van der Waals surface area contributed by atoms with Crippen LogP contribution in [-0.4, -0.2) is 43.0 Å². The summed E-state index contributed by atoms with van der Waals surface area (Å²) in [6.45, 7) is 2.99. The molecule has 8 nitrogen and oxygen atoms in total. The van der Waals surface area contributed by atoms with Gasteiger partial charge in [0.15, 0.2) is 0 Å². The highest BCUT2D eigenvalue weighted by Gasteiger charge is 2.23. The fourth-order valence-electron chi connectivity index (χ4n) is 3.22. The lowest BCUT2D eigenvalue weighted by Crippen LogP contribution is -2.16. The number of benzene rings is 2. The first kappa shape index (κ1) is 26.5. The van der Waals surface area contributed by atoms with Crippen molar-refractivity contribution in [1.29, 1.82) is 0 Å². The lowest BCUT2D eigenvalue weighted by Gasteiger charge is -2.14. The molecule has 1 aromatic heterocycles. The molecule has 0 aliphatic heterocycles. The van der Waals surface area contributed by atoms with Crippen LogP contribution in [-0.2, 0) is 17.1 Å². The van der Waals surface area contributed by atoms with Crippen molar-refractivity contribution in [2.45, 2.75) is 32.6 Å². The molecule has 0 atom stereocenters. The summed E-state index contributed by atoms with van der Waals surface area (Å²) in [5.41, 5.74) is 5.99. The van der Waals surface area contributed by atoms with E-state index in [1.165, 1.54) is 24.3 Å². The monoisotopic (exact) mass is 496 g/mol. The highest BCUT2D eigenvalue weighted by molar-refractivity contribution is 5.84. The molecule has 10 heteroatoms. The number of hydrazone groups is 1. The molecule has 1 amide bonds. The van der Waals surface area contributed by atoms with Gasteiger partial charge in [0.2, 0.25) is 5.95 Å². The van der Waals surface area contributed by atoms with Crippen LogP contribution in [0.1, 0.15) is 35.7 Å². The molecule has 2 N–H and O–H groups in total. The Morgan fingerprint density at radius 3 is 2.56 bits per heavy atom. The average molecular weight is 497 g/mol. The minimum atomic E-state index is -2.94. The maximum absolute atomic E-state index is 13.3. The van der Waals surface area contributed by atoms with E-state index in [2.05, 4.69) is 25.8 Å². The minimum Gasteiger partial charge on any atom is -0.449 e. The van der Waals surface area contributed by atoms with E-state index in [9.17, 15) is 13.6 Å². The van der Waals surface area contributed by atoms with Crippen molar-refractivity contribution in [3.63, 3.8) is 0 Å². The topological polar surface area (TPSA) is 91.7 Å². The van der Waals surface area contributed by atoms with Gasteiger partial charge in [-0.2, -0.15) is 10.1 Å². The van der Waals surface area contributed by atoms with E-state index in [1.807, 2.05) is 56.3 Å². The smallest absolute Gasteiger partial charge is 0.411 e. The van der Waals surface area contributed by atoms with Gasteiger partial charge in [0.25, 0.3) is 5.92 Å². The Morgan fingerprint density at radius 2 is 1.89 bits per heavy atom. The molecule has 0 radical (unpaired) electrons. The number of ether oxygens (including phenoxy) is 1. The van der Waals surface area contributed by atoms with Crippen molar-refractivity contribution in [2.24, 2.45) is 5.10 Å². The van der Waals surface area contributed by atoms with E-state index in [0.29, 0.717) is 30.3 Å². The van der Waals surface area contributed by atoms with Gasteiger partial charge >= 0.3 is 6.09 Å². The fourth-order valence-corrected chi connectivity index (χ4v) is 3.22. The molecular weight excluding hydrogens is 466 g/mol. The predicted molar refractivity (Wildman–Crippen MR) is 138 cm³/mol. The van der Waals surface area contributed by atoms with Crippen LogP contribution in [0.5, 0.6) is 0 Å². The van der Waals surface area contributed by atoms with Crippen molar-refractivity contribution in [1.82, 2.24) is 9.97 Å². The number of carbonyl (C=O) groups excluding carboxylic acids is 1. The third-order valence-electron chi connectivity index (χ3n) is 5.09. The Kier molecular flexibility index (Phi) is 8.88. The number of nitrogens with zero attached hydrogens (tertiary/aromatic N) is 4. The van der Waals surface area contributed by atoms with Gasteiger partial charge in [0.05, 0.1) is 12.8 Å². The van der Waals surface area contributed by atoms with Crippen molar-refractivity contribution in [2.75, 3.05) is 36.3 Å². The minimum absolute atomic E-state index is 0.127. The van der Waals surface area contributed by atoms with Crippen molar-refractivity contribution in [3.05, 3.63) is 77.0 Å². The Hall–Kier alpha value is -4.08. The molecule has 1 heterocycles. The highest BCUT2D eigenvalue weighted by Crippen LogP contribution is 2.27. The summed E-state index contributed by atoms with van der Waals surface area (Å²) >= 11 is 0. The maximum Gasteiger partial charge on any atom is 0.411 e. The number of hydrogen-bond donors (Lipinski definition) is 2. The van der Waals surface area contributed by atoms with Gasteiger partial charge in [-0.1, -0.05) is 42.0 Å². The number of carbonyl (C=O) groups is 1. The SMILES string of the molecule is Cc1cccc(/C=N/Nc2nc(CCCOC(=O)Nc3ccc(C(C)(F)F)cc3)cc(N(C)C)n2)c1. The van der Waals surface area contributed by atoms with E-state index in [4.69, 9.17) is 4.74 Å². The number of hydrogen-bond acceptors (Lipinski definition) is 7. The quantitative estimate of drug-likeness (QED) is 0.216. The van der Waals surface area contributed by atoms with Crippen LogP contribution in [0, 0.1) is 6.92 Å². The van der Waals surface area contributed by atoms with Gasteiger partial charge < -0.3 is 9.64 Å². The molecule has 0 spiro atoms. The van der Waals surface area contributed by atoms with Gasteiger partial charge in [0, 0.05) is 44.0 Å². The number of aryl methyl sites for hydroxylation is 2. The van der Waals surface area contributed by atoms with E-state index < -0.39 is 12.0 Å². The third-order valence-corrected chi connectivity index (χ3v) is 5.09. The molecule has 0 aliphatic rings. The number of nitrogens with one attached hydrogen (secondary N) is 2. The molecular formula is C26H30F2N6O2. The average Bonchev–Trinajstić information content (AvgIpc) is 2.81. The molecule has 0 aliphatic carbocycles. The highest BCUT2D eigenvalue weighted by atomic mass is 19.3. The Balaban J connectivity index is 1.51. The Morgan fingerprint density at radius 1 is 1.14 bits per heavy atom. The molecule has 0 saturated heterocycles. The molecule has 36 heavy (non-hydrogen) atoms. The molecule has 0 fully saturated rings. The second kappa shape index (κ2) is 12.1. The zero-order valence-corrected chi connectivity index (χ0v) is 20.8. The van der Waals surface area contributed by atoms with E-state index in [-0.39, 0.29) is 12.2 Å². The fraction of sp³-hybridized carbons (Fsp3) is 0.308. The predicted octanol–water partition coefficient (Wildman–Crippen LogP) is 5.59. The Bertz CT molecular complexity index is 1190. The zero-order valence-electron chi connectivity index (χ0n) is 20.8. The second-order valence-electron chi connectivity index (χ2n) is 8.55. The normalized spacial score (nSPS) is 11.4. The number of anilines is 3. The first-order chi connectivity index (χ1) is 17.1. The first-order valence-electron chi connectivity index (χ1n) is 11.4. The zero-order chi connectivity index (χ0) is 26.1. The molecule has 0 unspecified atom stereocenters. The molecule has 3 rings (SSSR count). The Labute approximate surface area is 209 Å². The van der Waals surface area contributed by atoms with E-state index in [1.54, 1.807) is 6.21 Å². The molecule has 0 saturated carbocycles. The number of amides is 1. The molecule has 2 aromatic carbocycles. The summed E-state index contributed by atoms with van der Waals surface area (Å²) in [6.07, 6.45) is 2.12. The van der Waals surface area contributed by atoms with Crippen molar-refractivity contribution < 1.29 is 18.3 Å². The van der Waals surface area contributed by atoms with E-state index in [0.717, 1.165) is 23.7 Å². The van der Waals surface area contributed by atoms with Crippen LogP contribution in [0.4, 0.5) is 31.0 Å². The van der Waals surface area contributed by atoms with Gasteiger partial charge in [-0.15, -0.1) is 0 Å². The molecule has 190 valence electrons. The van der Waals surface area contributed by atoms with Crippen LogP contribution in [0.3, 0.4) is 0 Å². The van der Waals surface area contributed by atoms with Crippen LogP contribution < -0.4 is 15.6 Å². The summed E-state index contributed by atoms with van der Waals surface area (Å²) in [5, 5.41) is 6.76. The molecule has 0 bridgehead atoms. The van der Waals surface area contributed by atoms with Gasteiger partial charge in [-0.3, -0.25) is 5.32 Å². The summed E-state index contributed by atoms with van der Waals surface area (Å²) in [5.74, 6) is -1.86.